The Kier molecular flexibility index (Phi) is 3.71. The summed E-state index contributed by atoms with van der Waals surface area (Å²) in [6.07, 6.45) is 0.642. The summed E-state index contributed by atoms with van der Waals surface area (Å²) >= 11 is 0. The standard InChI is InChI=1S/C14H18FN3O2S/c1-2-18-13-7-10(15)3-4-12(13)17-14(18)8-16-11-5-6-21(19,20)9-11/h3-4,7,11,16H,2,5-6,8-9H2,1H3. The summed E-state index contributed by atoms with van der Waals surface area (Å²) in [6, 6.07) is 4.53. The Balaban J connectivity index is 1.81. The number of hydrogen-bond acceptors (Lipinski definition) is 4. The smallest absolute Gasteiger partial charge is 0.151 e. The van der Waals surface area contributed by atoms with E-state index < -0.39 is 9.84 Å². The van der Waals surface area contributed by atoms with Crippen LogP contribution in [-0.4, -0.2) is 35.5 Å². The molecule has 1 aliphatic heterocycles. The molecule has 1 atom stereocenters. The SMILES string of the molecule is CCn1c(CNC2CCS(=O)(=O)C2)nc2ccc(F)cc21. The van der Waals surface area contributed by atoms with Crippen LogP contribution in [0.4, 0.5) is 4.39 Å². The molecule has 0 spiro atoms. The van der Waals surface area contributed by atoms with Crippen LogP contribution in [0, 0.1) is 5.82 Å². The van der Waals surface area contributed by atoms with Crippen molar-refractivity contribution in [3.63, 3.8) is 0 Å². The van der Waals surface area contributed by atoms with Crippen molar-refractivity contribution in [3.05, 3.63) is 29.8 Å². The van der Waals surface area contributed by atoms with E-state index in [1.54, 1.807) is 6.07 Å². The van der Waals surface area contributed by atoms with E-state index in [0.717, 1.165) is 16.9 Å². The van der Waals surface area contributed by atoms with Crippen molar-refractivity contribution in [2.75, 3.05) is 11.5 Å². The van der Waals surface area contributed by atoms with Gasteiger partial charge in [0.25, 0.3) is 0 Å². The number of imidazole rings is 1. The molecular formula is C14H18FN3O2S. The van der Waals surface area contributed by atoms with Gasteiger partial charge in [-0.05, 0) is 31.5 Å². The summed E-state index contributed by atoms with van der Waals surface area (Å²) in [5.74, 6) is 0.967. The first-order valence-corrected chi connectivity index (χ1v) is 8.89. The van der Waals surface area contributed by atoms with Crippen molar-refractivity contribution < 1.29 is 12.8 Å². The molecule has 3 rings (SSSR count). The van der Waals surface area contributed by atoms with E-state index >= 15 is 0 Å². The molecule has 7 heteroatoms. The number of nitrogens with one attached hydrogen (secondary N) is 1. The Morgan fingerprint density at radius 1 is 1.48 bits per heavy atom. The van der Waals surface area contributed by atoms with Gasteiger partial charge >= 0.3 is 0 Å². The molecule has 0 bridgehead atoms. The lowest BCUT2D eigenvalue weighted by Gasteiger charge is -2.11. The molecule has 2 aromatic rings. The van der Waals surface area contributed by atoms with Crippen LogP contribution in [0.1, 0.15) is 19.2 Å². The van der Waals surface area contributed by atoms with Gasteiger partial charge in [0.2, 0.25) is 0 Å². The Morgan fingerprint density at radius 2 is 2.29 bits per heavy atom. The number of benzene rings is 1. The molecule has 1 saturated heterocycles. The van der Waals surface area contributed by atoms with Crippen LogP contribution in [-0.2, 0) is 22.9 Å². The summed E-state index contributed by atoms with van der Waals surface area (Å²) in [5, 5.41) is 3.25. The summed E-state index contributed by atoms with van der Waals surface area (Å²) in [4.78, 5) is 4.51. The van der Waals surface area contributed by atoms with Crippen molar-refractivity contribution >= 4 is 20.9 Å². The molecule has 1 N–H and O–H groups in total. The molecule has 1 aromatic heterocycles. The molecule has 0 amide bonds. The Hall–Kier alpha value is -1.47. The number of nitrogens with zero attached hydrogens (tertiary/aromatic N) is 2. The average molecular weight is 311 g/mol. The maximum atomic E-state index is 13.4. The minimum atomic E-state index is -2.89. The lowest BCUT2D eigenvalue weighted by atomic mass is 10.2. The minimum Gasteiger partial charge on any atom is -0.327 e. The third-order valence-electron chi connectivity index (χ3n) is 3.89. The number of rotatable bonds is 4. The zero-order valence-electron chi connectivity index (χ0n) is 11.8. The van der Waals surface area contributed by atoms with Crippen LogP contribution in [0.2, 0.25) is 0 Å². The molecule has 0 saturated carbocycles. The van der Waals surface area contributed by atoms with Crippen molar-refractivity contribution in [3.8, 4) is 0 Å². The highest BCUT2D eigenvalue weighted by molar-refractivity contribution is 7.91. The highest BCUT2D eigenvalue weighted by atomic mass is 32.2. The van der Waals surface area contributed by atoms with Crippen molar-refractivity contribution in [2.45, 2.75) is 32.5 Å². The maximum Gasteiger partial charge on any atom is 0.151 e. The summed E-state index contributed by atoms with van der Waals surface area (Å²) < 4.78 is 38.2. The molecular weight excluding hydrogens is 293 g/mol. The highest BCUT2D eigenvalue weighted by Gasteiger charge is 2.27. The van der Waals surface area contributed by atoms with Gasteiger partial charge < -0.3 is 9.88 Å². The lowest BCUT2D eigenvalue weighted by Crippen LogP contribution is -2.30. The largest absolute Gasteiger partial charge is 0.327 e. The van der Waals surface area contributed by atoms with Crippen LogP contribution in [0.25, 0.3) is 11.0 Å². The van der Waals surface area contributed by atoms with Gasteiger partial charge in [0.05, 0.1) is 29.1 Å². The summed E-state index contributed by atoms with van der Waals surface area (Å²) in [6.45, 7) is 3.17. The summed E-state index contributed by atoms with van der Waals surface area (Å²) in [7, 11) is -2.89. The van der Waals surface area contributed by atoms with E-state index in [9.17, 15) is 12.8 Å². The van der Waals surface area contributed by atoms with Crippen molar-refractivity contribution in [1.29, 1.82) is 0 Å². The second-order valence-corrected chi connectivity index (χ2v) is 7.61. The van der Waals surface area contributed by atoms with Gasteiger partial charge in [0, 0.05) is 12.6 Å². The molecule has 5 nitrogen and oxygen atoms in total. The molecule has 114 valence electrons. The Bertz CT molecular complexity index is 770. The van der Waals surface area contributed by atoms with Gasteiger partial charge in [0.1, 0.15) is 11.6 Å². The minimum absolute atomic E-state index is 0.0168. The number of halogens is 1. The first kappa shape index (κ1) is 14.5. The molecule has 2 heterocycles. The molecule has 0 radical (unpaired) electrons. The van der Waals surface area contributed by atoms with Crippen LogP contribution in [0.15, 0.2) is 18.2 Å². The third kappa shape index (κ3) is 2.94. The fraction of sp³-hybridized carbons (Fsp3) is 0.500. The Morgan fingerprint density at radius 3 is 2.95 bits per heavy atom. The molecule has 21 heavy (non-hydrogen) atoms. The fourth-order valence-corrected chi connectivity index (χ4v) is 4.53. The average Bonchev–Trinajstić information content (AvgIpc) is 2.95. The van der Waals surface area contributed by atoms with E-state index in [-0.39, 0.29) is 23.4 Å². The van der Waals surface area contributed by atoms with Gasteiger partial charge in [-0.3, -0.25) is 0 Å². The number of aryl methyl sites for hydroxylation is 1. The van der Waals surface area contributed by atoms with E-state index in [1.165, 1.54) is 12.1 Å². The zero-order valence-corrected chi connectivity index (χ0v) is 12.7. The second kappa shape index (κ2) is 5.38. The van der Waals surface area contributed by atoms with Gasteiger partial charge in [-0.15, -0.1) is 0 Å². The molecule has 1 unspecified atom stereocenters. The predicted molar refractivity (Wildman–Crippen MR) is 79.3 cm³/mol. The third-order valence-corrected chi connectivity index (χ3v) is 5.65. The number of aromatic nitrogens is 2. The highest BCUT2D eigenvalue weighted by Crippen LogP contribution is 2.18. The quantitative estimate of drug-likeness (QED) is 0.929. The van der Waals surface area contributed by atoms with Crippen molar-refractivity contribution in [2.24, 2.45) is 0 Å². The zero-order chi connectivity index (χ0) is 15.0. The van der Waals surface area contributed by atoms with E-state index in [4.69, 9.17) is 0 Å². The van der Waals surface area contributed by atoms with Crippen LogP contribution in [0.3, 0.4) is 0 Å². The first-order valence-electron chi connectivity index (χ1n) is 7.07. The fourth-order valence-electron chi connectivity index (χ4n) is 2.83. The number of hydrogen-bond donors (Lipinski definition) is 1. The molecule has 1 aromatic carbocycles. The normalized spacial score (nSPS) is 21.1. The van der Waals surface area contributed by atoms with E-state index in [0.29, 0.717) is 19.5 Å². The van der Waals surface area contributed by atoms with E-state index in [1.807, 2.05) is 11.5 Å². The topological polar surface area (TPSA) is 64.0 Å². The number of fused-ring (bicyclic) bond motifs is 1. The first-order chi connectivity index (χ1) is 9.98. The summed E-state index contributed by atoms with van der Waals surface area (Å²) in [5.41, 5.74) is 1.53. The monoisotopic (exact) mass is 311 g/mol. The van der Waals surface area contributed by atoms with Crippen molar-refractivity contribution in [1.82, 2.24) is 14.9 Å². The van der Waals surface area contributed by atoms with Gasteiger partial charge in [-0.25, -0.2) is 17.8 Å². The van der Waals surface area contributed by atoms with Gasteiger partial charge in [-0.2, -0.15) is 0 Å². The van der Waals surface area contributed by atoms with Gasteiger partial charge in [0.15, 0.2) is 9.84 Å². The molecule has 1 aliphatic rings. The van der Waals surface area contributed by atoms with Crippen LogP contribution < -0.4 is 5.32 Å². The lowest BCUT2D eigenvalue weighted by molar-refractivity contribution is 0.529. The van der Waals surface area contributed by atoms with Crippen LogP contribution >= 0.6 is 0 Å². The second-order valence-electron chi connectivity index (χ2n) is 5.39. The van der Waals surface area contributed by atoms with E-state index in [2.05, 4.69) is 10.3 Å². The number of sulfone groups is 1. The molecule has 0 aliphatic carbocycles. The Labute approximate surface area is 123 Å². The van der Waals surface area contributed by atoms with Gasteiger partial charge in [-0.1, -0.05) is 0 Å². The maximum absolute atomic E-state index is 13.4. The van der Waals surface area contributed by atoms with Crippen LogP contribution in [0.5, 0.6) is 0 Å². The predicted octanol–water partition coefficient (Wildman–Crippen LogP) is 1.47. The molecule has 1 fully saturated rings.